The van der Waals surface area contributed by atoms with E-state index in [0.717, 1.165) is 4.90 Å². The van der Waals surface area contributed by atoms with Gasteiger partial charge in [0.15, 0.2) is 6.04 Å². The van der Waals surface area contributed by atoms with Gasteiger partial charge < -0.3 is 25.6 Å². The van der Waals surface area contributed by atoms with E-state index in [1.807, 2.05) is 0 Å². The highest BCUT2D eigenvalue weighted by atomic mass is 16.5. The molecule has 0 aromatic rings. The summed E-state index contributed by atoms with van der Waals surface area (Å²) in [7, 11) is 0. The van der Waals surface area contributed by atoms with Crippen molar-refractivity contribution in [2.45, 2.75) is 19.4 Å². The molecule has 1 fully saturated rings. The first-order valence-electron chi connectivity index (χ1n) is 6.46. The van der Waals surface area contributed by atoms with Gasteiger partial charge in [0.2, 0.25) is 0 Å². The maximum Gasteiger partial charge on any atom is 0.332 e. The number of esters is 1. The third-order valence-electron chi connectivity index (χ3n) is 3.37. The summed E-state index contributed by atoms with van der Waals surface area (Å²) in [4.78, 5) is 46.7. The molecule has 1 rings (SSSR count). The predicted octanol–water partition coefficient (Wildman–Crippen LogP) is -1.49. The molecule has 0 aromatic carbocycles. The van der Waals surface area contributed by atoms with Crippen LogP contribution >= 0.6 is 0 Å². The molecule has 0 spiro atoms. The summed E-state index contributed by atoms with van der Waals surface area (Å²) in [6, 6.07) is -1.53. The number of carboxylic acid groups (broad SMARTS) is 2. The molecule has 1 saturated heterocycles. The molecule has 9 nitrogen and oxygen atoms in total. The third-order valence-corrected chi connectivity index (χ3v) is 3.37. The molecular weight excluding hydrogens is 284 g/mol. The zero-order valence-electron chi connectivity index (χ0n) is 11.5. The summed E-state index contributed by atoms with van der Waals surface area (Å²) >= 11 is 0. The standard InChI is InChI=1S/C12H18N2O7/c1-2-21-12(20)8(13)9(15)14-4-3-6(10(16)17)7(5-14)11(18)19/h6-8H,2-5,13H2,1H3,(H,16,17)(H,18,19). The minimum absolute atomic E-state index is 0.00636. The molecule has 1 aliphatic rings. The van der Waals surface area contributed by atoms with Crippen molar-refractivity contribution in [2.24, 2.45) is 17.6 Å². The van der Waals surface area contributed by atoms with Crippen molar-refractivity contribution >= 4 is 23.8 Å². The van der Waals surface area contributed by atoms with E-state index >= 15 is 0 Å². The van der Waals surface area contributed by atoms with Crippen LogP contribution < -0.4 is 5.73 Å². The zero-order valence-corrected chi connectivity index (χ0v) is 11.5. The number of hydrogen-bond donors (Lipinski definition) is 3. The second-order valence-electron chi connectivity index (χ2n) is 4.69. The number of nitrogens with zero attached hydrogens (tertiary/aromatic N) is 1. The van der Waals surface area contributed by atoms with Gasteiger partial charge in [-0.1, -0.05) is 0 Å². The number of ether oxygens (including phenoxy) is 1. The van der Waals surface area contributed by atoms with Gasteiger partial charge in [0, 0.05) is 13.1 Å². The van der Waals surface area contributed by atoms with Crippen molar-refractivity contribution in [3.63, 3.8) is 0 Å². The minimum atomic E-state index is -1.53. The number of carbonyl (C=O) groups excluding carboxylic acids is 2. The Kier molecular flexibility index (Phi) is 5.65. The van der Waals surface area contributed by atoms with Gasteiger partial charge in [-0.25, -0.2) is 4.79 Å². The molecule has 1 heterocycles. The van der Waals surface area contributed by atoms with Crippen LogP contribution in [0.5, 0.6) is 0 Å². The number of piperidine rings is 1. The largest absolute Gasteiger partial charge is 0.481 e. The SMILES string of the molecule is CCOC(=O)C(N)C(=O)N1CCC(C(=O)O)C(C(=O)O)C1. The average molecular weight is 302 g/mol. The molecular formula is C12H18N2O7. The molecule has 1 amide bonds. The highest BCUT2D eigenvalue weighted by Crippen LogP contribution is 2.24. The first-order valence-corrected chi connectivity index (χ1v) is 6.46. The highest BCUT2D eigenvalue weighted by Gasteiger charge is 2.41. The predicted molar refractivity (Wildman–Crippen MR) is 68.1 cm³/mol. The van der Waals surface area contributed by atoms with E-state index in [1.54, 1.807) is 6.92 Å². The van der Waals surface area contributed by atoms with E-state index in [4.69, 9.17) is 15.9 Å². The quantitative estimate of drug-likeness (QED) is 0.411. The molecule has 21 heavy (non-hydrogen) atoms. The summed E-state index contributed by atoms with van der Waals surface area (Å²) < 4.78 is 4.63. The number of rotatable bonds is 5. The number of carboxylic acids is 2. The van der Waals surface area contributed by atoms with Crippen LogP contribution in [0.4, 0.5) is 0 Å². The van der Waals surface area contributed by atoms with Gasteiger partial charge in [0.05, 0.1) is 18.4 Å². The molecule has 9 heteroatoms. The summed E-state index contributed by atoms with van der Waals surface area (Å²) in [6.07, 6.45) is -0.00636. The number of amides is 1. The maximum absolute atomic E-state index is 12.0. The van der Waals surface area contributed by atoms with Gasteiger partial charge >= 0.3 is 17.9 Å². The molecule has 118 valence electrons. The molecule has 0 aliphatic carbocycles. The van der Waals surface area contributed by atoms with Crippen molar-refractivity contribution in [1.82, 2.24) is 4.90 Å². The summed E-state index contributed by atoms with van der Waals surface area (Å²) in [5.41, 5.74) is 5.46. The second-order valence-corrected chi connectivity index (χ2v) is 4.69. The van der Waals surface area contributed by atoms with Crippen LogP contribution in [0, 0.1) is 11.8 Å². The lowest BCUT2D eigenvalue weighted by Crippen LogP contribution is -2.55. The van der Waals surface area contributed by atoms with E-state index in [2.05, 4.69) is 4.74 Å². The van der Waals surface area contributed by atoms with E-state index in [0.29, 0.717) is 0 Å². The van der Waals surface area contributed by atoms with Crippen molar-refractivity contribution in [2.75, 3.05) is 19.7 Å². The van der Waals surface area contributed by atoms with Crippen molar-refractivity contribution < 1.29 is 34.1 Å². The topological polar surface area (TPSA) is 147 Å². The van der Waals surface area contributed by atoms with Crippen LogP contribution in [-0.4, -0.2) is 64.7 Å². The zero-order chi connectivity index (χ0) is 16.2. The monoisotopic (exact) mass is 302 g/mol. The Morgan fingerprint density at radius 3 is 2.29 bits per heavy atom. The van der Waals surface area contributed by atoms with Gasteiger partial charge in [-0.3, -0.25) is 14.4 Å². The first kappa shape index (κ1) is 16.9. The molecule has 0 aromatic heterocycles. The lowest BCUT2D eigenvalue weighted by atomic mass is 9.85. The normalized spacial score (nSPS) is 23.2. The van der Waals surface area contributed by atoms with Gasteiger partial charge in [-0.05, 0) is 13.3 Å². The number of carbonyl (C=O) groups is 4. The minimum Gasteiger partial charge on any atom is -0.481 e. The molecule has 3 unspecified atom stereocenters. The highest BCUT2D eigenvalue weighted by molar-refractivity contribution is 6.02. The fourth-order valence-electron chi connectivity index (χ4n) is 2.23. The van der Waals surface area contributed by atoms with Crippen LogP contribution in [0.3, 0.4) is 0 Å². The molecule has 3 atom stereocenters. The first-order chi connectivity index (χ1) is 9.79. The number of aliphatic carboxylic acids is 2. The Morgan fingerprint density at radius 1 is 1.24 bits per heavy atom. The van der Waals surface area contributed by atoms with Crippen LogP contribution in [0.25, 0.3) is 0 Å². The van der Waals surface area contributed by atoms with Gasteiger partial charge in [-0.2, -0.15) is 0 Å². The van der Waals surface area contributed by atoms with Crippen LogP contribution in [0.15, 0.2) is 0 Å². The lowest BCUT2D eigenvalue weighted by molar-refractivity contribution is -0.160. The summed E-state index contributed by atoms with van der Waals surface area (Å²) in [5, 5.41) is 18.0. The smallest absolute Gasteiger partial charge is 0.332 e. The van der Waals surface area contributed by atoms with E-state index in [-0.39, 0.29) is 26.1 Å². The number of hydrogen-bond acceptors (Lipinski definition) is 6. The molecule has 4 N–H and O–H groups in total. The maximum atomic E-state index is 12.0. The summed E-state index contributed by atoms with van der Waals surface area (Å²) in [6.45, 7) is 1.37. The van der Waals surface area contributed by atoms with E-state index in [9.17, 15) is 19.2 Å². The molecule has 0 bridgehead atoms. The second kappa shape index (κ2) is 7.02. The molecule has 0 radical (unpaired) electrons. The van der Waals surface area contributed by atoms with Gasteiger partial charge in [0.1, 0.15) is 0 Å². The Labute approximate surface area is 120 Å². The number of nitrogens with two attached hydrogens (primary N) is 1. The Bertz CT molecular complexity index is 451. The Hall–Kier alpha value is -2.16. The fraction of sp³-hybridized carbons (Fsp3) is 0.667. The molecule has 1 aliphatic heterocycles. The average Bonchev–Trinajstić information content (AvgIpc) is 2.45. The van der Waals surface area contributed by atoms with Gasteiger partial charge in [0.25, 0.3) is 5.91 Å². The van der Waals surface area contributed by atoms with Crippen molar-refractivity contribution in [3.8, 4) is 0 Å². The molecule has 0 saturated carbocycles. The van der Waals surface area contributed by atoms with Crippen molar-refractivity contribution in [3.05, 3.63) is 0 Å². The van der Waals surface area contributed by atoms with Gasteiger partial charge in [-0.15, -0.1) is 0 Å². The fourth-order valence-corrected chi connectivity index (χ4v) is 2.23. The van der Waals surface area contributed by atoms with E-state index in [1.165, 1.54) is 0 Å². The Balaban J connectivity index is 2.78. The van der Waals surface area contributed by atoms with Crippen LogP contribution in [0.1, 0.15) is 13.3 Å². The third kappa shape index (κ3) is 3.91. The van der Waals surface area contributed by atoms with Crippen molar-refractivity contribution in [1.29, 1.82) is 0 Å². The Morgan fingerprint density at radius 2 is 1.81 bits per heavy atom. The number of likely N-dealkylation sites (tertiary alicyclic amines) is 1. The lowest BCUT2D eigenvalue weighted by Gasteiger charge is -2.35. The van der Waals surface area contributed by atoms with E-state index < -0.39 is 41.7 Å². The van der Waals surface area contributed by atoms with Crippen LogP contribution in [0.2, 0.25) is 0 Å². The summed E-state index contributed by atoms with van der Waals surface area (Å²) in [5.74, 6) is -6.47. The van der Waals surface area contributed by atoms with Crippen LogP contribution in [-0.2, 0) is 23.9 Å².